The van der Waals surface area contributed by atoms with Crippen molar-refractivity contribution in [3.05, 3.63) is 34.9 Å². The molecule has 0 aliphatic heterocycles. The number of aryl methyl sites for hydroxylation is 3. The van der Waals surface area contributed by atoms with Crippen LogP contribution in [0.2, 0.25) is 0 Å². The summed E-state index contributed by atoms with van der Waals surface area (Å²) in [6.45, 7) is 12.9. The van der Waals surface area contributed by atoms with Crippen molar-refractivity contribution in [3.63, 3.8) is 0 Å². The highest BCUT2D eigenvalue weighted by Crippen LogP contribution is 2.12. The van der Waals surface area contributed by atoms with Gasteiger partial charge in [-0.3, -0.25) is 0 Å². The molecule has 0 fully saturated rings. The van der Waals surface area contributed by atoms with Gasteiger partial charge in [0.2, 0.25) is 0 Å². The highest BCUT2D eigenvalue weighted by Gasteiger charge is 1.95. The molecule has 0 amide bonds. The Morgan fingerprint density at radius 3 is 2.06 bits per heavy atom. The predicted octanol–water partition coefficient (Wildman–Crippen LogP) is 3.87. The molecular weight excluding hydrogens is 194 g/mol. The van der Waals surface area contributed by atoms with Crippen molar-refractivity contribution >= 4 is 0 Å². The standard InChI is InChI=1S/C11H16.C4H11N/c1-4-5-11-8-9(2)6-7-10(11)3;1-3-5-4-2/h6-8H,4-5H2,1-3H3;5H,3-4H2,1-2H3. The summed E-state index contributed by atoms with van der Waals surface area (Å²) in [6.07, 6.45) is 2.46. The largest absolute Gasteiger partial charge is 0.317 e. The van der Waals surface area contributed by atoms with Gasteiger partial charge in [-0.15, -0.1) is 0 Å². The van der Waals surface area contributed by atoms with E-state index >= 15 is 0 Å². The minimum atomic E-state index is 1.09. The van der Waals surface area contributed by atoms with Crippen LogP contribution in [0.15, 0.2) is 18.2 Å². The first-order chi connectivity index (χ1) is 7.65. The summed E-state index contributed by atoms with van der Waals surface area (Å²) in [5.74, 6) is 0. The maximum absolute atomic E-state index is 3.11. The Morgan fingerprint density at radius 1 is 1.00 bits per heavy atom. The Balaban J connectivity index is 0.000000385. The fraction of sp³-hybridized carbons (Fsp3) is 0.600. The molecule has 0 aliphatic carbocycles. The van der Waals surface area contributed by atoms with Crippen LogP contribution in [0.3, 0.4) is 0 Å². The van der Waals surface area contributed by atoms with Crippen molar-refractivity contribution < 1.29 is 0 Å². The van der Waals surface area contributed by atoms with Crippen LogP contribution in [0.25, 0.3) is 0 Å². The lowest BCUT2D eigenvalue weighted by Gasteiger charge is -2.04. The van der Waals surface area contributed by atoms with Gasteiger partial charge >= 0.3 is 0 Å². The van der Waals surface area contributed by atoms with Crippen molar-refractivity contribution in [2.45, 2.75) is 47.5 Å². The molecule has 0 unspecified atom stereocenters. The van der Waals surface area contributed by atoms with Gasteiger partial charge in [-0.05, 0) is 44.5 Å². The summed E-state index contributed by atoms with van der Waals surface area (Å²) in [5.41, 5.74) is 4.31. The number of hydrogen-bond donors (Lipinski definition) is 1. The van der Waals surface area contributed by atoms with Crippen LogP contribution in [0.5, 0.6) is 0 Å². The average Bonchev–Trinajstić information content (AvgIpc) is 2.26. The summed E-state index contributed by atoms with van der Waals surface area (Å²) in [4.78, 5) is 0. The van der Waals surface area contributed by atoms with Crippen LogP contribution in [0.4, 0.5) is 0 Å². The molecule has 16 heavy (non-hydrogen) atoms. The molecule has 0 aromatic heterocycles. The van der Waals surface area contributed by atoms with Crippen molar-refractivity contribution in [1.29, 1.82) is 0 Å². The molecule has 0 heterocycles. The van der Waals surface area contributed by atoms with Crippen LogP contribution in [-0.4, -0.2) is 13.1 Å². The van der Waals surface area contributed by atoms with E-state index in [2.05, 4.69) is 58.1 Å². The van der Waals surface area contributed by atoms with Gasteiger partial charge < -0.3 is 5.32 Å². The molecule has 1 nitrogen and oxygen atoms in total. The zero-order chi connectivity index (χ0) is 12.4. The molecule has 0 bridgehead atoms. The molecule has 0 saturated heterocycles. The summed E-state index contributed by atoms with van der Waals surface area (Å²) >= 11 is 0. The highest BCUT2D eigenvalue weighted by molar-refractivity contribution is 5.30. The second kappa shape index (κ2) is 9.41. The monoisotopic (exact) mass is 221 g/mol. The lowest BCUT2D eigenvalue weighted by atomic mass is 10.0. The molecule has 1 rings (SSSR count). The fourth-order valence-corrected chi connectivity index (χ4v) is 1.59. The van der Waals surface area contributed by atoms with Gasteiger partial charge in [0, 0.05) is 0 Å². The van der Waals surface area contributed by atoms with E-state index in [9.17, 15) is 0 Å². The van der Waals surface area contributed by atoms with Crippen LogP contribution in [0, 0.1) is 13.8 Å². The summed E-state index contributed by atoms with van der Waals surface area (Å²) in [7, 11) is 0. The van der Waals surface area contributed by atoms with Gasteiger partial charge in [-0.2, -0.15) is 0 Å². The fourth-order valence-electron chi connectivity index (χ4n) is 1.59. The number of hydrogen-bond acceptors (Lipinski definition) is 1. The predicted molar refractivity (Wildman–Crippen MR) is 74.1 cm³/mol. The van der Waals surface area contributed by atoms with Gasteiger partial charge in [0.15, 0.2) is 0 Å². The van der Waals surface area contributed by atoms with Crippen LogP contribution < -0.4 is 5.32 Å². The topological polar surface area (TPSA) is 12.0 Å². The summed E-state index contributed by atoms with van der Waals surface area (Å²) in [6, 6.07) is 6.67. The van der Waals surface area contributed by atoms with E-state index in [1.807, 2.05) is 0 Å². The SMILES string of the molecule is CCCc1cc(C)ccc1C.CCNCC. The molecule has 1 aromatic rings. The third-order valence-corrected chi connectivity index (χ3v) is 2.52. The van der Waals surface area contributed by atoms with Gasteiger partial charge in [0.1, 0.15) is 0 Å². The van der Waals surface area contributed by atoms with Crippen molar-refractivity contribution in [2.75, 3.05) is 13.1 Å². The molecular formula is C15H27N. The summed E-state index contributed by atoms with van der Waals surface area (Å²) < 4.78 is 0. The van der Waals surface area contributed by atoms with Crippen LogP contribution in [-0.2, 0) is 6.42 Å². The third kappa shape index (κ3) is 6.62. The molecule has 0 aliphatic rings. The second-order valence-corrected chi connectivity index (χ2v) is 4.14. The minimum absolute atomic E-state index is 1.09. The molecule has 0 radical (unpaired) electrons. The lowest BCUT2D eigenvalue weighted by molar-refractivity contribution is 0.762. The molecule has 1 heteroatoms. The third-order valence-electron chi connectivity index (χ3n) is 2.52. The highest BCUT2D eigenvalue weighted by atomic mass is 14.8. The van der Waals surface area contributed by atoms with E-state index in [1.54, 1.807) is 0 Å². The molecule has 1 N–H and O–H groups in total. The molecule has 92 valence electrons. The Hall–Kier alpha value is -0.820. The van der Waals surface area contributed by atoms with Crippen molar-refractivity contribution in [2.24, 2.45) is 0 Å². The zero-order valence-corrected chi connectivity index (χ0v) is 11.6. The van der Waals surface area contributed by atoms with E-state index in [-0.39, 0.29) is 0 Å². The minimum Gasteiger partial charge on any atom is -0.317 e. The maximum atomic E-state index is 3.11. The molecule has 0 spiro atoms. The van der Waals surface area contributed by atoms with Gasteiger partial charge in [0.05, 0.1) is 0 Å². The van der Waals surface area contributed by atoms with Crippen LogP contribution >= 0.6 is 0 Å². The Labute approximate surface area is 101 Å². The molecule has 1 aromatic carbocycles. The van der Waals surface area contributed by atoms with Gasteiger partial charge in [-0.1, -0.05) is 51.0 Å². The maximum Gasteiger partial charge on any atom is -0.00775 e. The van der Waals surface area contributed by atoms with E-state index in [4.69, 9.17) is 0 Å². The normalized spacial score (nSPS) is 9.56. The quantitative estimate of drug-likeness (QED) is 0.814. The Morgan fingerprint density at radius 2 is 1.62 bits per heavy atom. The van der Waals surface area contributed by atoms with Gasteiger partial charge in [0.25, 0.3) is 0 Å². The lowest BCUT2D eigenvalue weighted by Crippen LogP contribution is -2.09. The van der Waals surface area contributed by atoms with E-state index in [1.165, 1.54) is 29.5 Å². The van der Waals surface area contributed by atoms with Crippen LogP contribution in [0.1, 0.15) is 43.9 Å². The van der Waals surface area contributed by atoms with Gasteiger partial charge in [-0.25, -0.2) is 0 Å². The number of nitrogens with one attached hydrogen (secondary N) is 1. The molecule has 0 atom stereocenters. The number of benzene rings is 1. The molecule has 0 saturated carbocycles. The van der Waals surface area contributed by atoms with E-state index in [0.717, 1.165) is 13.1 Å². The Bertz CT molecular complexity index is 277. The second-order valence-electron chi connectivity index (χ2n) is 4.14. The van der Waals surface area contributed by atoms with E-state index < -0.39 is 0 Å². The Kier molecular flexibility index (Phi) is 8.93. The smallest absolute Gasteiger partial charge is 0.00775 e. The first-order valence-corrected chi connectivity index (χ1v) is 6.42. The average molecular weight is 221 g/mol. The van der Waals surface area contributed by atoms with Crippen molar-refractivity contribution in [3.8, 4) is 0 Å². The zero-order valence-electron chi connectivity index (χ0n) is 11.6. The number of rotatable bonds is 4. The van der Waals surface area contributed by atoms with E-state index in [0.29, 0.717) is 0 Å². The summed E-state index contributed by atoms with van der Waals surface area (Å²) in [5, 5.41) is 3.11. The first-order valence-electron chi connectivity index (χ1n) is 6.42. The van der Waals surface area contributed by atoms with Crippen molar-refractivity contribution in [1.82, 2.24) is 5.32 Å². The first kappa shape index (κ1) is 15.2.